The summed E-state index contributed by atoms with van der Waals surface area (Å²) in [5.74, 6) is 1.35. The van der Waals surface area contributed by atoms with Crippen molar-refractivity contribution in [3.63, 3.8) is 0 Å². The van der Waals surface area contributed by atoms with Crippen molar-refractivity contribution in [2.75, 3.05) is 0 Å². The SMILES string of the molecule is CC1=C(C(=O)c2ccccc2)C(c2ccc(Oc3ccc(Cl)cc3)cc2)NC(=S)N1. The highest BCUT2D eigenvalue weighted by Gasteiger charge is 2.30. The van der Waals surface area contributed by atoms with Gasteiger partial charge in [0.25, 0.3) is 0 Å². The number of carbonyl (C=O) groups excluding carboxylic acids is 1. The molecular weight excluding hydrogens is 416 g/mol. The average molecular weight is 435 g/mol. The lowest BCUT2D eigenvalue weighted by atomic mass is 9.90. The number of hydrogen-bond donors (Lipinski definition) is 2. The van der Waals surface area contributed by atoms with Gasteiger partial charge in [-0.2, -0.15) is 0 Å². The van der Waals surface area contributed by atoms with Crippen LogP contribution in [0.5, 0.6) is 11.5 Å². The predicted molar refractivity (Wildman–Crippen MR) is 123 cm³/mol. The lowest BCUT2D eigenvalue weighted by Gasteiger charge is -2.30. The number of nitrogens with one attached hydrogen (secondary N) is 2. The predicted octanol–water partition coefficient (Wildman–Crippen LogP) is 5.81. The first-order valence-electron chi connectivity index (χ1n) is 9.42. The number of thiocarbonyl (C=S) groups is 1. The molecule has 0 aliphatic carbocycles. The zero-order valence-electron chi connectivity index (χ0n) is 16.2. The van der Waals surface area contributed by atoms with E-state index in [0.29, 0.717) is 32.8 Å². The van der Waals surface area contributed by atoms with E-state index in [4.69, 9.17) is 28.6 Å². The number of Topliss-reactive ketones (excluding diaryl/α,β-unsaturated/α-hetero) is 1. The number of allylic oxidation sites excluding steroid dienone is 1. The molecule has 0 fully saturated rings. The average Bonchev–Trinajstić information content (AvgIpc) is 2.75. The number of rotatable bonds is 5. The van der Waals surface area contributed by atoms with Crippen LogP contribution in [0.15, 0.2) is 90.1 Å². The standard InChI is InChI=1S/C24H19ClN2O2S/c1-15-21(23(28)17-5-3-2-4-6-17)22(27-24(30)26-15)16-7-11-19(12-8-16)29-20-13-9-18(25)10-14-20/h2-14,22H,1H3,(H2,26,27,30). The van der Waals surface area contributed by atoms with Crippen LogP contribution in [0.25, 0.3) is 0 Å². The Labute approximate surface area is 185 Å². The molecule has 0 bridgehead atoms. The molecule has 0 spiro atoms. The fourth-order valence-corrected chi connectivity index (χ4v) is 3.75. The molecule has 4 rings (SSSR count). The summed E-state index contributed by atoms with van der Waals surface area (Å²) in [4.78, 5) is 13.2. The van der Waals surface area contributed by atoms with Crippen molar-refractivity contribution in [2.45, 2.75) is 13.0 Å². The molecule has 1 atom stereocenters. The van der Waals surface area contributed by atoms with Crippen molar-refractivity contribution in [3.05, 3.63) is 106 Å². The molecule has 0 saturated carbocycles. The molecule has 0 aromatic heterocycles. The summed E-state index contributed by atoms with van der Waals surface area (Å²) in [6.45, 7) is 1.87. The van der Waals surface area contributed by atoms with Gasteiger partial charge in [0.1, 0.15) is 11.5 Å². The van der Waals surface area contributed by atoms with E-state index < -0.39 is 0 Å². The number of ketones is 1. The Balaban J connectivity index is 1.62. The largest absolute Gasteiger partial charge is 0.457 e. The Bertz CT molecular complexity index is 1110. The molecule has 1 aliphatic rings. The first kappa shape index (κ1) is 20.1. The van der Waals surface area contributed by atoms with Crippen LogP contribution >= 0.6 is 23.8 Å². The number of benzene rings is 3. The molecule has 1 heterocycles. The second-order valence-corrected chi connectivity index (χ2v) is 7.74. The minimum atomic E-state index is -0.351. The molecule has 1 aliphatic heterocycles. The van der Waals surface area contributed by atoms with Crippen LogP contribution in [0.2, 0.25) is 5.02 Å². The minimum Gasteiger partial charge on any atom is -0.457 e. The topological polar surface area (TPSA) is 50.4 Å². The van der Waals surface area contributed by atoms with Crippen LogP contribution in [0.4, 0.5) is 0 Å². The highest BCUT2D eigenvalue weighted by atomic mass is 35.5. The Morgan fingerprint density at radius 2 is 1.53 bits per heavy atom. The van der Waals surface area contributed by atoms with Crippen molar-refractivity contribution in [2.24, 2.45) is 0 Å². The lowest BCUT2D eigenvalue weighted by molar-refractivity contribution is 0.102. The highest BCUT2D eigenvalue weighted by molar-refractivity contribution is 7.80. The molecule has 150 valence electrons. The Hall–Kier alpha value is -3.15. The first-order chi connectivity index (χ1) is 14.5. The Morgan fingerprint density at radius 3 is 2.17 bits per heavy atom. The van der Waals surface area contributed by atoms with E-state index in [1.54, 1.807) is 12.1 Å². The number of hydrogen-bond acceptors (Lipinski definition) is 3. The van der Waals surface area contributed by atoms with E-state index in [-0.39, 0.29) is 11.8 Å². The maximum absolute atomic E-state index is 13.2. The van der Waals surface area contributed by atoms with Crippen molar-refractivity contribution in [1.29, 1.82) is 0 Å². The molecule has 6 heteroatoms. The second-order valence-electron chi connectivity index (χ2n) is 6.89. The van der Waals surface area contributed by atoms with Gasteiger partial charge in [-0.15, -0.1) is 0 Å². The summed E-state index contributed by atoms with van der Waals surface area (Å²) in [6.07, 6.45) is 0. The number of carbonyl (C=O) groups is 1. The molecule has 2 N–H and O–H groups in total. The van der Waals surface area contributed by atoms with Gasteiger partial charge in [-0.05, 0) is 61.1 Å². The summed E-state index contributed by atoms with van der Waals surface area (Å²) >= 11 is 11.3. The van der Waals surface area contributed by atoms with Crippen molar-refractivity contribution in [3.8, 4) is 11.5 Å². The van der Waals surface area contributed by atoms with Crippen molar-refractivity contribution >= 4 is 34.7 Å². The highest BCUT2D eigenvalue weighted by Crippen LogP contribution is 2.31. The molecule has 30 heavy (non-hydrogen) atoms. The van der Waals surface area contributed by atoms with E-state index in [9.17, 15) is 4.79 Å². The van der Waals surface area contributed by atoms with Gasteiger partial charge in [0.15, 0.2) is 10.9 Å². The first-order valence-corrected chi connectivity index (χ1v) is 10.2. The zero-order chi connectivity index (χ0) is 21.1. The van der Waals surface area contributed by atoms with Gasteiger partial charge in [-0.1, -0.05) is 54.1 Å². The fraction of sp³-hybridized carbons (Fsp3) is 0.0833. The minimum absolute atomic E-state index is 0.0397. The molecule has 4 nitrogen and oxygen atoms in total. The maximum atomic E-state index is 13.2. The molecule has 0 radical (unpaired) electrons. The third-order valence-electron chi connectivity index (χ3n) is 4.81. The van der Waals surface area contributed by atoms with E-state index in [2.05, 4.69) is 10.6 Å². The molecular formula is C24H19ClN2O2S. The van der Waals surface area contributed by atoms with E-state index in [0.717, 1.165) is 11.3 Å². The summed E-state index contributed by atoms with van der Waals surface area (Å²) in [7, 11) is 0. The Kier molecular flexibility index (Phi) is 5.84. The zero-order valence-corrected chi connectivity index (χ0v) is 17.8. The summed E-state index contributed by atoms with van der Waals surface area (Å²) < 4.78 is 5.87. The molecule has 3 aromatic carbocycles. The molecule has 0 amide bonds. The van der Waals surface area contributed by atoms with Crippen molar-refractivity contribution < 1.29 is 9.53 Å². The summed E-state index contributed by atoms with van der Waals surface area (Å²) in [5, 5.41) is 7.44. The normalized spacial score (nSPS) is 15.9. The lowest BCUT2D eigenvalue weighted by Crippen LogP contribution is -2.44. The Morgan fingerprint density at radius 1 is 0.933 bits per heavy atom. The fourth-order valence-electron chi connectivity index (χ4n) is 3.36. The quantitative estimate of drug-likeness (QED) is 0.392. The number of halogens is 1. The van der Waals surface area contributed by atoms with E-state index in [1.165, 1.54) is 0 Å². The maximum Gasteiger partial charge on any atom is 0.193 e. The molecule has 1 unspecified atom stereocenters. The van der Waals surface area contributed by atoms with Crippen molar-refractivity contribution in [1.82, 2.24) is 10.6 Å². The third kappa shape index (κ3) is 4.37. The third-order valence-corrected chi connectivity index (χ3v) is 5.28. The molecule has 0 saturated heterocycles. The van der Waals surface area contributed by atoms with E-state index in [1.807, 2.05) is 73.7 Å². The van der Waals surface area contributed by atoms with Crippen LogP contribution in [0.1, 0.15) is 28.9 Å². The van der Waals surface area contributed by atoms with Gasteiger partial charge in [0.2, 0.25) is 0 Å². The smallest absolute Gasteiger partial charge is 0.193 e. The summed E-state index contributed by atoms with van der Waals surface area (Å²) in [6, 6.07) is 23.7. The van der Waals surface area contributed by atoms with Gasteiger partial charge < -0.3 is 15.4 Å². The van der Waals surface area contributed by atoms with Gasteiger partial charge >= 0.3 is 0 Å². The molecule has 3 aromatic rings. The van der Waals surface area contributed by atoms with Crippen LogP contribution in [0, 0.1) is 0 Å². The summed E-state index contributed by atoms with van der Waals surface area (Å²) in [5.41, 5.74) is 2.94. The van der Waals surface area contributed by atoms with Crippen LogP contribution in [-0.2, 0) is 0 Å². The van der Waals surface area contributed by atoms with Gasteiger partial charge in [-0.25, -0.2) is 0 Å². The second kappa shape index (κ2) is 8.69. The van der Waals surface area contributed by atoms with Gasteiger partial charge in [0, 0.05) is 21.9 Å². The van der Waals surface area contributed by atoms with E-state index >= 15 is 0 Å². The van der Waals surface area contributed by atoms with Crippen LogP contribution in [0.3, 0.4) is 0 Å². The number of ether oxygens (including phenoxy) is 1. The van der Waals surface area contributed by atoms with Gasteiger partial charge in [0.05, 0.1) is 6.04 Å². The van der Waals surface area contributed by atoms with Crippen LogP contribution < -0.4 is 15.4 Å². The van der Waals surface area contributed by atoms with Crippen LogP contribution in [-0.4, -0.2) is 10.9 Å². The van der Waals surface area contributed by atoms with Gasteiger partial charge in [-0.3, -0.25) is 4.79 Å². The monoisotopic (exact) mass is 434 g/mol.